The van der Waals surface area contributed by atoms with Crippen molar-refractivity contribution in [3.05, 3.63) is 54.1 Å². The monoisotopic (exact) mass is 351 g/mol. The first-order chi connectivity index (χ1) is 12.6. The normalized spacial score (nSPS) is 16.2. The van der Waals surface area contributed by atoms with Gasteiger partial charge in [0.2, 0.25) is 0 Å². The van der Waals surface area contributed by atoms with Crippen LogP contribution in [0.4, 0.5) is 11.5 Å². The summed E-state index contributed by atoms with van der Waals surface area (Å²) < 4.78 is 5.78. The van der Waals surface area contributed by atoms with E-state index in [0.29, 0.717) is 23.7 Å². The summed E-state index contributed by atoms with van der Waals surface area (Å²) in [5.41, 5.74) is 13.4. The van der Waals surface area contributed by atoms with E-state index in [2.05, 4.69) is 21.0 Å². The number of H-pyrrole nitrogens is 1. The minimum atomic E-state index is -0.632. The number of fused-ring (bicyclic) bond motifs is 1. The molecule has 0 bridgehead atoms. The molecule has 1 aliphatic rings. The van der Waals surface area contributed by atoms with Gasteiger partial charge in [0.25, 0.3) is 5.91 Å². The van der Waals surface area contributed by atoms with E-state index in [1.165, 1.54) is 6.07 Å². The third-order valence-electron chi connectivity index (χ3n) is 4.13. The molecule has 3 aromatic rings. The van der Waals surface area contributed by atoms with E-state index < -0.39 is 6.10 Å². The Bertz CT molecular complexity index is 1010. The largest absolute Gasteiger partial charge is 0.508 e. The molecule has 4 rings (SSSR count). The summed E-state index contributed by atoms with van der Waals surface area (Å²) in [5.74, 6) is 0.859. The SMILES string of the molecule is Nc1n[nH]c2ccc(C3=CCC(C(=O)NNc4cccc(O)c4)O3)cc12. The number of benzene rings is 2. The van der Waals surface area contributed by atoms with E-state index in [-0.39, 0.29) is 11.7 Å². The Kier molecular flexibility index (Phi) is 3.85. The zero-order valence-electron chi connectivity index (χ0n) is 13.7. The molecule has 0 saturated heterocycles. The molecule has 0 spiro atoms. The van der Waals surface area contributed by atoms with Gasteiger partial charge in [0.05, 0.1) is 11.2 Å². The maximum Gasteiger partial charge on any atom is 0.279 e. The van der Waals surface area contributed by atoms with Crippen molar-refractivity contribution in [3.8, 4) is 5.75 Å². The van der Waals surface area contributed by atoms with Gasteiger partial charge < -0.3 is 15.6 Å². The van der Waals surface area contributed by atoms with E-state index in [9.17, 15) is 9.90 Å². The van der Waals surface area contributed by atoms with Crippen molar-refractivity contribution in [3.63, 3.8) is 0 Å². The fraction of sp³-hybridized carbons (Fsp3) is 0.111. The van der Waals surface area contributed by atoms with Gasteiger partial charge in [-0.15, -0.1) is 0 Å². The number of ether oxygens (including phenoxy) is 1. The first kappa shape index (κ1) is 15.8. The molecular formula is C18H17N5O3. The van der Waals surface area contributed by atoms with Crippen LogP contribution in [0.25, 0.3) is 16.7 Å². The number of aromatic amines is 1. The number of phenolic OH excluding ortho intramolecular Hbond substituents is 1. The minimum absolute atomic E-state index is 0.110. The Morgan fingerprint density at radius 1 is 1.31 bits per heavy atom. The third kappa shape index (κ3) is 3.00. The number of hydrogen-bond acceptors (Lipinski definition) is 6. The summed E-state index contributed by atoms with van der Waals surface area (Å²) in [5, 5.41) is 17.1. The molecule has 2 aromatic carbocycles. The van der Waals surface area contributed by atoms with Crippen LogP contribution >= 0.6 is 0 Å². The van der Waals surface area contributed by atoms with Gasteiger partial charge in [-0.2, -0.15) is 5.10 Å². The van der Waals surface area contributed by atoms with Crippen molar-refractivity contribution in [1.82, 2.24) is 15.6 Å². The van der Waals surface area contributed by atoms with Crippen LogP contribution in [-0.4, -0.2) is 27.3 Å². The fourth-order valence-electron chi connectivity index (χ4n) is 2.80. The number of aromatic nitrogens is 2. The van der Waals surface area contributed by atoms with Crippen molar-refractivity contribution in [2.45, 2.75) is 12.5 Å². The second kappa shape index (κ2) is 6.32. The quantitative estimate of drug-likeness (QED) is 0.459. The number of amides is 1. The molecule has 1 aromatic heterocycles. The minimum Gasteiger partial charge on any atom is -0.508 e. The van der Waals surface area contributed by atoms with Crippen molar-refractivity contribution in [2.75, 3.05) is 11.2 Å². The summed E-state index contributed by atoms with van der Waals surface area (Å²) >= 11 is 0. The first-order valence-corrected chi connectivity index (χ1v) is 8.06. The van der Waals surface area contributed by atoms with Gasteiger partial charge >= 0.3 is 0 Å². The van der Waals surface area contributed by atoms with Crippen LogP contribution in [0.15, 0.2) is 48.5 Å². The number of anilines is 2. The number of aromatic hydroxyl groups is 1. The molecule has 0 saturated carbocycles. The van der Waals surface area contributed by atoms with Gasteiger partial charge in [-0.25, -0.2) is 0 Å². The molecule has 0 radical (unpaired) electrons. The molecule has 8 nitrogen and oxygen atoms in total. The second-order valence-corrected chi connectivity index (χ2v) is 5.94. The highest BCUT2D eigenvalue weighted by Gasteiger charge is 2.26. The second-order valence-electron chi connectivity index (χ2n) is 5.94. The molecule has 0 aliphatic carbocycles. The Hall–Kier alpha value is -3.68. The van der Waals surface area contributed by atoms with Crippen LogP contribution in [-0.2, 0) is 9.53 Å². The highest BCUT2D eigenvalue weighted by Crippen LogP contribution is 2.29. The van der Waals surface area contributed by atoms with Gasteiger partial charge in [-0.3, -0.25) is 20.7 Å². The van der Waals surface area contributed by atoms with Crippen molar-refractivity contribution >= 4 is 34.1 Å². The smallest absolute Gasteiger partial charge is 0.279 e. The maximum absolute atomic E-state index is 12.3. The topological polar surface area (TPSA) is 125 Å². The van der Waals surface area contributed by atoms with Crippen LogP contribution in [0.1, 0.15) is 12.0 Å². The maximum atomic E-state index is 12.3. The number of nitrogen functional groups attached to an aromatic ring is 1. The van der Waals surface area contributed by atoms with E-state index in [1.807, 2.05) is 24.3 Å². The van der Waals surface area contributed by atoms with Crippen LogP contribution in [0.2, 0.25) is 0 Å². The Morgan fingerprint density at radius 3 is 3.04 bits per heavy atom. The lowest BCUT2D eigenvalue weighted by Crippen LogP contribution is -2.38. The van der Waals surface area contributed by atoms with Crippen molar-refractivity contribution in [2.24, 2.45) is 0 Å². The third-order valence-corrected chi connectivity index (χ3v) is 4.13. The standard InChI is InChI=1S/C18H17N5O3/c19-17-13-8-10(4-5-14(13)21-22-17)15-6-7-16(26-15)18(25)23-20-11-2-1-3-12(24)9-11/h1-6,8-9,16,20,24H,7H2,(H,23,25)(H3,19,21,22). The highest BCUT2D eigenvalue weighted by atomic mass is 16.5. The molecule has 26 heavy (non-hydrogen) atoms. The van der Waals surface area contributed by atoms with Gasteiger partial charge in [0.1, 0.15) is 11.5 Å². The number of nitrogens with zero attached hydrogens (tertiary/aromatic N) is 1. The molecule has 1 amide bonds. The molecule has 1 atom stereocenters. The molecule has 2 heterocycles. The Balaban J connectivity index is 1.40. The van der Waals surface area contributed by atoms with Crippen LogP contribution in [0, 0.1) is 0 Å². The molecule has 6 N–H and O–H groups in total. The van der Waals surface area contributed by atoms with E-state index in [1.54, 1.807) is 18.2 Å². The molecule has 132 valence electrons. The number of carbonyl (C=O) groups excluding carboxylic acids is 1. The van der Waals surface area contributed by atoms with Gasteiger partial charge in [-0.1, -0.05) is 6.07 Å². The Labute approximate surface area is 148 Å². The summed E-state index contributed by atoms with van der Waals surface area (Å²) in [7, 11) is 0. The molecule has 1 unspecified atom stereocenters. The molecular weight excluding hydrogens is 334 g/mol. The van der Waals surface area contributed by atoms with Gasteiger partial charge in [0, 0.05) is 23.4 Å². The summed E-state index contributed by atoms with van der Waals surface area (Å²) in [4.78, 5) is 12.3. The average Bonchev–Trinajstić information content (AvgIpc) is 3.27. The van der Waals surface area contributed by atoms with E-state index >= 15 is 0 Å². The summed E-state index contributed by atoms with van der Waals surface area (Å²) in [6.45, 7) is 0. The lowest BCUT2D eigenvalue weighted by Gasteiger charge is -2.15. The van der Waals surface area contributed by atoms with Crippen LogP contribution in [0.5, 0.6) is 5.75 Å². The lowest BCUT2D eigenvalue weighted by atomic mass is 10.1. The molecule has 0 fully saturated rings. The molecule has 8 heteroatoms. The predicted octanol–water partition coefficient (Wildman–Crippen LogP) is 2.12. The highest BCUT2D eigenvalue weighted by molar-refractivity contribution is 5.91. The van der Waals surface area contributed by atoms with Crippen molar-refractivity contribution < 1.29 is 14.6 Å². The lowest BCUT2D eigenvalue weighted by molar-refractivity contribution is -0.127. The number of nitrogens with two attached hydrogens (primary N) is 1. The Morgan fingerprint density at radius 2 is 2.19 bits per heavy atom. The van der Waals surface area contributed by atoms with E-state index in [0.717, 1.165) is 16.5 Å². The zero-order valence-corrected chi connectivity index (χ0v) is 13.7. The number of phenols is 1. The number of hydrazine groups is 1. The predicted molar refractivity (Wildman–Crippen MR) is 97.8 cm³/mol. The zero-order chi connectivity index (χ0) is 18.1. The first-order valence-electron chi connectivity index (χ1n) is 8.06. The van der Waals surface area contributed by atoms with Gasteiger partial charge in [-0.05, 0) is 36.4 Å². The average molecular weight is 351 g/mol. The molecule has 1 aliphatic heterocycles. The summed E-state index contributed by atoms with van der Waals surface area (Å²) in [6.07, 6.45) is 1.70. The summed E-state index contributed by atoms with van der Waals surface area (Å²) in [6, 6.07) is 12.1. The number of carbonyl (C=O) groups is 1. The fourth-order valence-corrected chi connectivity index (χ4v) is 2.80. The van der Waals surface area contributed by atoms with Crippen LogP contribution in [0.3, 0.4) is 0 Å². The number of hydrogen-bond donors (Lipinski definition) is 5. The van der Waals surface area contributed by atoms with Crippen molar-refractivity contribution in [1.29, 1.82) is 0 Å². The van der Waals surface area contributed by atoms with Crippen LogP contribution < -0.4 is 16.6 Å². The van der Waals surface area contributed by atoms with E-state index in [4.69, 9.17) is 10.5 Å². The number of rotatable bonds is 4. The number of nitrogens with one attached hydrogen (secondary N) is 3. The van der Waals surface area contributed by atoms with Gasteiger partial charge in [0.15, 0.2) is 11.9 Å².